The molecule has 1 aliphatic rings. The van der Waals surface area contributed by atoms with E-state index in [4.69, 9.17) is 0 Å². The minimum absolute atomic E-state index is 0.419. The summed E-state index contributed by atoms with van der Waals surface area (Å²) in [5, 5.41) is 3.49. The molecule has 3 aromatic rings. The second kappa shape index (κ2) is 7.66. The molecule has 1 aromatic carbocycles. The van der Waals surface area contributed by atoms with E-state index in [1.165, 1.54) is 35.4 Å². The molecule has 0 bridgehead atoms. The number of benzene rings is 1. The minimum Gasteiger partial charge on any atom is -0.348 e. The van der Waals surface area contributed by atoms with E-state index in [1.807, 2.05) is 12.4 Å². The van der Waals surface area contributed by atoms with Crippen LogP contribution in [0.1, 0.15) is 47.2 Å². The molecule has 5 nitrogen and oxygen atoms in total. The fraction of sp³-hybridized carbons (Fsp3) is 0.400. The first-order chi connectivity index (χ1) is 12.4. The van der Waals surface area contributed by atoms with Crippen molar-refractivity contribution in [1.82, 2.24) is 25.3 Å². The lowest BCUT2D eigenvalue weighted by atomic mass is 10.0. The fourth-order valence-electron chi connectivity index (χ4n) is 3.45. The third-order valence-corrected chi connectivity index (χ3v) is 4.98. The van der Waals surface area contributed by atoms with Gasteiger partial charge in [0.2, 0.25) is 0 Å². The molecule has 4 rings (SSSR count). The van der Waals surface area contributed by atoms with E-state index in [1.54, 1.807) is 6.33 Å². The normalized spacial score (nSPS) is 17.2. The highest BCUT2D eigenvalue weighted by molar-refractivity contribution is 5.24. The van der Waals surface area contributed by atoms with Crippen molar-refractivity contribution < 1.29 is 0 Å². The molecule has 0 spiro atoms. The van der Waals surface area contributed by atoms with Gasteiger partial charge in [0.05, 0.1) is 12.4 Å². The smallest absolute Gasteiger partial charge is 0.123 e. The van der Waals surface area contributed by atoms with Crippen LogP contribution in [0.3, 0.4) is 0 Å². The zero-order chi connectivity index (χ0) is 16.9. The van der Waals surface area contributed by atoms with Crippen molar-refractivity contribution in [2.75, 3.05) is 6.54 Å². The summed E-state index contributed by atoms with van der Waals surface area (Å²) < 4.78 is 0. The van der Waals surface area contributed by atoms with E-state index in [-0.39, 0.29) is 0 Å². The first kappa shape index (κ1) is 16.1. The van der Waals surface area contributed by atoms with E-state index >= 15 is 0 Å². The van der Waals surface area contributed by atoms with Crippen LogP contribution < -0.4 is 5.32 Å². The van der Waals surface area contributed by atoms with Crippen molar-refractivity contribution >= 4 is 0 Å². The third-order valence-electron chi connectivity index (χ3n) is 4.98. The van der Waals surface area contributed by atoms with Gasteiger partial charge in [-0.3, -0.25) is 0 Å². The van der Waals surface area contributed by atoms with Crippen molar-refractivity contribution in [3.63, 3.8) is 0 Å². The number of H-pyrrole nitrogens is 2. The van der Waals surface area contributed by atoms with Crippen LogP contribution in [-0.4, -0.2) is 26.5 Å². The number of hydrogen-bond acceptors (Lipinski definition) is 3. The molecule has 3 N–H and O–H groups in total. The van der Waals surface area contributed by atoms with Crippen LogP contribution in [0, 0.1) is 0 Å². The molecule has 0 aliphatic carbocycles. The average molecular weight is 335 g/mol. The number of imidazole rings is 2. The van der Waals surface area contributed by atoms with Crippen LogP contribution in [0.25, 0.3) is 0 Å². The monoisotopic (exact) mass is 335 g/mol. The van der Waals surface area contributed by atoms with Crippen molar-refractivity contribution in [1.29, 1.82) is 0 Å². The second-order valence-electron chi connectivity index (χ2n) is 6.84. The number of aromatic nitrogens is 4. The fourth-order valence-corrected chi connectivity index (χ4v) is 3.45. The third kappa shape index (κ3) is 4.17. The summed E-state index contributed by atoms with van der Waals surface area (Å²) in [6.45, 7) is 1.10. The Morgan fingerprint density at radius 3 is 2.32 bits per heavy atom. The Hall–Kier alpha value is -2.40. The molecule has 1 saturated heterocycles. The van der Waals surface area contributed by atoms with Crippen LogP contribution in [-0.2, 0) is 25.7 Å². The average Bonchev–Trinajstić information content (AvgIpc) is 3.41. The highest BCUT2D eigenvalue weighted by Gasteiger charge is 2.18. The molecule has 5 heteroatoms. The number of nitrogens with zero attached hydrogens (tertiary/aromatic N) is 2. The van der Waals surface area contributed by atoms with Crippen molar-refractivity contribution in [2.45, 2.75) is 44.6 Å². The maximum atomic E-state index is 4.55. The molecule has 0 saturated carbocycles. The topological polar surface area (TPSA) is 69.4 Å². The minimum atomic E-state index is 0.419. The summed E-state index contributed by atoms with van der Waals surface area (Å²) >= 11 is 0. The lowest BCUT2D eigenvalue weighted by Gasteiger charge is -2.06. The zero-order valence-corrected chi connectivity index (χ0v) is 14.5. The molecule has 0 amide bonds. The molecule has 0 unspecified atom stereocenters. The lowest BCUT2D eigenvalue weighted by Crippen LogP contribution is -2.14. The zero-order valence-electron chi connectivity index (χ0n) is 14.5. The van der Waals surface area contributed by atoms with Gasteiger partial charge in [-0.1, -0.05) is 24.3 Å². The van der Waals surface area contributed by atoms with E-state index < -0.39 is 0 Å². The molecule has 2 aromatic heterocycles. The van der Waals surface area contributed by atoms with Crippen LogP contribution >= 0.6 is 0 Å². The predicted octanol–water partition coefficient (Wildman–Crippen LogP) is 3.13. The Balaban J connectivity index is 1.28. The van der Waals surface area contributed by atoms with E-state index in [2.05, 4.69) is 49.5 Å². The summed E-state index contributed by atoms with van der Waals surface area (Å²) in [7, 11) is 0. The van der Waals surface area contributed by atoms with Gasteiger partial charge in [-0.2, -0.15) is 0 Å². The van der Waals surface area contributed by atoms with Crippen molar-refractivity contribution in [3.05, 3.63) is 71.3 Å². The van der Waals surface area contributed by atoms with Gasteiger partial charge in [-0.05, 0) is 56.2 Å². The van der Waals surface area contributed by atoms with Gasteiger partial charge in [0, 0.05) is 23.8 Å². The molecular weight excluding hydrogens is 310 g/mol. The Kier molecular flexibility index (Phi) is 4.93. The number of nitrogens with one attached hydrogen (secondary N) is 3. The van der Waals surface area contributed by atoms with Crippen LogP contribution in [0.2, 0.25) is 0 Å². The molecular formula is C20H25N5. The maximum Gasteiger partial charge on any atom is 0.123 e. The summed E-state index contributed by atoms with van der Waals surface area (Å²) in [6.07, 6.45) is 12.2. The molecule has 1 aliphatic heterocycles. The highest BCUT2D eigenvalue weighted by atomic mass is 15.0. The summed E-state index contributed by atoms with van der Waals surface area (Å²) in [5.41, 5.74) is 5.16. The number of aryl methyl sites for hydroxylation is 4. The van der Waals surface area contributed by atoms with E-state index in [0.29, 0.717) is 6.04 Å². The first-order valence-electron chi connectivity index (χ1n) is 9.19. The standard InChI is InChI=1S/C20H25N5/c1-2-19(22-11-1)20-23-13-18(25-20)10-8-16-5-3-15(4-6-16)7-9-17-12-21-14-24-17/h3-6,12-14,19,22H,1-2,7-11H2,(H,21,24)(H,23,25)/t19-/m0/s1. The van der Waals surface area contributed by atoms with Gasteiger partial charge in [0.25, 0.3) is 0 Å². The van der Waals surface area contributed by atoms with Crippen LogP contribution in [0.5, 0.6) is 0 Å². The van der Waals surface area contributed by atoms with Crippen LogP contribution in [0.15, 0.2) is 43.0 Å². The molecule has 1 atom stereocenters. The van der Waals surface area contributed by atoms with E-state index in [9.17, 15) is 0 Å². The van der Waals surface area contributed by atoms with Crippen molar-refractivity contribution in [2.24, 2.45) is 0 Å². The predicted molar refractivity (Wildman–Crippen MR) is 98.4 cm³/mol. The van der Waals surface area contributed by atoms with Crippen molar-refractivity contribution in [3.8, 4) is 0 Å². The molecule has 1 fully saturated rings. The molecule has 130 valence electrons. The largest absolute Gasteiger partial charge is 0.348 e. The summed E-state index contributed by atoms with van der Waals surface area (Å²) in [4.78, 5) is 15.3. The second-order valence-corrected chi connectivity index (χ2v) is 6.84. The van der Waals surface area contributed by atoms with Gasteiger partial charge >= 0.3 is 0 Å². The lowest BCUT2D eigenvalue weighted by molar-refractivity contribution is 0.611. The Morgan fingerprint density at radius 2 is 1.68 bits per heavy atom. The van der Waals surface area contributed by atoms with Gasteiger partial charge in [-0.25, -0.2) is 9.97 Å². The SMILES string of the molecule is c1ncc(CCc2ccc(CCc3cnc([C@@H]4CCCN4)[nH]3)cc2)[nH]1. The highest BCUT2D eigenvalue weighted by Crippen LogP contribution is 2.20. The summed E-state index contributed by atoms with van der Waals surface area (Å²) in [5.74, 6) is 1.10. The van der Waals surface area contributed by atoms with E-state index in [0.717, 1.165) is 38.1 Å². The van der Waals surface area contributed by atoms with Gasteiger partial charge in [-0.15, -0.1) is 0 Å². The van der Waals surface area contributed by atoms with Gasteiger partial charge in [0.15, 0.2) is 0 Å². The van der Waals surface area contributed by atoms with Gasteiger partial charge < -0.3 is 15.3 Å². The molecule has 3 heterocycles. The maximum absolute atomic E-state index is 4.55. The summed E-state index contributed by atoms with van der Waals surface area (Å²) in [6, 6.07) is 9.40. The Labute approximate surface area is 148 Å². The van der Waals surface area contributed by atoms with Crippen LogP contribution in [0.4, 0.5) is 0 Å². The Morgan fingerprint density at radius 1 is 0.920 bits per heavy atom. The van der Waals surface area contributed by atoms with Gasteiger partial charge in [0.1, 0.15) is 5.82 Å². The number of rotatable bonds is 7. The number of aromatic amines is 2. The first-order valence-corrected chi connectivity index (χ1v) is 9.19. The number of hydrogen-bond donors (Lipinski definition) is 3. The quantitative estimate of drug-likeness (QED) is 0.621. The molecule has 0 radical (unpaired) electrons. The molecule has 25 heavy (non-hydrogen) atoms. The Bertz CT molecular complexity index is 767.